The van der Waals surface area contributed by atoms with Crippen molar-refractivity contribution in [2.24, 2.45) is 0 Å². The Morgan fingerprint density at radius 2 is 1.83 bits per heavy atom. The van der Waals surface area contributed by atoms with Gasteiger partial charge in [0.25, 0.3) is 0 Å². The summed E-state index contributed by atoms with van der Waals surface area (Å²) >= 11 is 0. The average molecular weight is 411 g/mol. The Morgan fingerprint density at radius 1 is 1.07 bits per heavy atom. The number of amides is 1. The molecule has 162 valence electrons. The van der Waals surface area contributed by atoms with E-state index in [0.29, 0.717) is 13.2 Å². The van der Waals surface area contributed by atoms with E-state index in [4.69, 9.17) is 4.74 Å². The number of benzene rings is 1. The van der Waals surface area contributed by atoms with Crippen molar-refractivity contribution >= 4 is 11.9 Å². The summed E-state index contributed by atoms with van der Waals surface area (Å²) in [4.78, 5) is 26.9. The van der Waals surface area contributed by atoms with Crippen molar-refractivity contribution < 1.29 is 14.3 Å². The molecule has 1 aliphatic rings. The van der Waals surface area contributed by atoms with Gasteiger partial charge in [-0.05, 0) is 49.9 Å². The molecule has 30 heavy (non-hydrogen) atoms. The van der Waals surface area contributed by atoms with Crippen molar-refractivity contribution in [2.45, 2.75) is 77.9 Å². The van der Waals surface area contributed by atoms with Crippen LogP contribution in [0.3, 0.4) is 0 Å². The third kappa shape index (κ3) is 5.97. The molecule has 0 saturated heterocycles. The van der Waals surface area contributed by atoms with E-state index in [1.165, 1.54) is 17.5 Å². The van der Waals surface area contributed by atoms with Gasteiger partial charge >= 0.3 is 5.97 Å². The fraction of sp³-hybridized carbons (Fsp3) is 0.520. The fourth-order valence-electron chi connectivity index (χ4n) is 4.29. The fourth-order valence-corrected chi connectivity index (χ4v) is 4.29. The van der Waals surface area contributed by atoms with Gasteiger partial charge in [-0.1, -0.05) is 43.5 Å². The standard InChI is InChI=1S/C25H34N2O3/c1-3-30-25(29)16-15-24(28)27(22-12-5-4-6-13-22)19-23-14-9-17-26(23)18-21-11-8-7-10-20(21)2/h7-11,14,17,22H,3-6,12-13,15-16,18-19H2,1-2H3. The van der Waals surface area contributed by atoms with Gasteiger partial charge in [0, 0.05) is 30.9 Å². The molecule has 0 atom stereocenters. The van der Waals surface area contributed by atoms with E-state index < -0.39 is 0 Å². The van der Waals surface area contributed by atoms with Crippen LogP contribution < -0.4 is 0 Å². The van der Waals surface area contributed by atoms with Crippen LogP contribution in [0, 0.1) is 6.92 Å². The van der Waals surface area contributed by atoms with Gasteiger partial charge in [0.15, 0.2) is 0 Å². The Hall–Kier alpha value is -2.56. The summed E-state index contributed by atoms with van der Waals surface area (Å²) < 4.78 is 7.24. The first-order valence-electron chi connectivity index (χ1n) is 11.2. The molecule has 1 fully saturated rings. The monoisotopic (exact) mass is 410 g/mol. The highest BCUT2D eigenvalue weighted by atomic mass is 16.5. The summed E-state index contributed by atoms with van der Waals surface area (Å²) in [5.74, 6) is -0.240. The van der Waals surface area contributed by atoms with Crippen molar-refractivity contribution in [3.63, 3.8) is 0 Å². The maximum absolute atomic E-state index is 13.1. The minimum absolute atomic E-state index is 0.0543. The van der Waals surface area contributed by atoms with Gasteiger partial charge < -0.3 is 14.2 Å². The Kier molecular flexibility index (Phi) is 8.12. The van der Waals surface area contributed by atoms with Crippen LogP contribution >= 0.6 is 0 Å². The lowest BCUT2D eigenvalue weighted by Crippen LogP contribution is -2.41. The molecule has 1 heterocycles. The van der Waals surface area contributed by atoms with Crippen LogP contribution in [0.1, 0.15) is 68.7 Å². The third-order valence-corrected chi connectivity index (χ3v) is 6.04. The van der Waals surface area contributed by atoms with Gasteiger partial charge in [-0.25, -0.2) is 0 Å². The number of esters is 1. The second-order valence-corrected chi connectivity index (χ2v) is 8.17. The van der Waals surface area contributed by atoms with Crippen LogP contribution in [-0.4, -0.2) is 34.0 Å². The van der Waals surface area contributed by atoms with Crippen molar-refractivity contribution in [3.05, 3.63) is 59.4 Å². The minimum atomic E-state index is -0.294. The molecule has 1 amide bonds. The summed E-state index contributed by atoms with van der Waals surface area (Å²) in [7, 11) is 0. The van der Waals surface area contributed by atoms with E-state index in [2.05, 4.69) is 54.1 Å². The summed E-state index contributed by atoms with van der Waals surface area (Å²) in [5.41, 5.74) is 3.69. The number of ether oxygens (including phenoxy) is 1. The molecule has 0 radical (unpaired) electrons. The zero-order chi connectivity index (χ0) is 21.3. The summed E-state index contributed by atoms with van der Waals surface area (Å²) in [6, 6.07) is 12.8. The van der Waals surface area contributed by atoms with E-state index in [9.17, 15) is 9.59 Å². The smallest absolute Gasteiger partial charge is 0.306 e. The van der Waals surface area contributed by atoms with Gasteiger partial charge in [-0.15, -0.1) is 0 Å². The third-order valence-electron chi connectivity index (χ3n) is 6.04. The van der Waals surface area contributed by atoms with Crippen LogP contribution in [-0.2, 0) is 27.4 Å². The zero-order valence-electron chi connectivity index (χ0n) is 18.3. The highest BCUT2D eigenvalue weighted by Crippen LogP contribution is 2.25. The molecule has 5 heteroatoms. The Morgan fingerprint density at radius 3 is 2.57 bits per heavy atom. The molecular weight excluding hydrogens is 376 g/mol. The van der Waals surface area contributed by atoms with Gasteiger partial charge in [0.05, 0.1) is 19.6 Å². The maximum Gasteiger partial charge on any atom is 0.306 e. The van der Waals surface area contributed by atoms with E-state index >= 15 is 0 Å². The molecule has 3 rings (SSSR count). The predicted molar refractivity (Wildman–Crippen MR) is 118 cm³/mol. The number of carbonyl (C=O) groups is 2. The Bertz CT molecular complexity index is 836. The molecule has 1 aromatic carbocycles. The zero-order valence-corrected chi connectivity index (χ0v) is 18.3. The number of nitrogens with zero attached hydrogens (tertiary/aromatic N) is 2. The molecule has 0 aliphatic heterocycles. The van der Waals surface area contributed by atoms with E-state index in [1.807, 2.05) is 4.90 Å². The maximum atomic E-state index is 13.1. The van der Waals surface area contributed by atoms with Crippen molar-refractivity contribution in [1.29, 1.82) is 0 Å². The molecular formula is C25H34N2O3. The number of hydrogen-bond donors (Lipinski definition) is 0. The quantitative estimate of drug-likeness (QED) is 0.555. The van der Waals surface area contributed by atoms with Crippen molar-refractivity contribution in [1.82, 2.24) is 9.47 Å². The normalized spacial score (nSPS) is 14.5. The van der Waals surface area contributed by atoms with Gasteiger partial charge in [0.2, 0.25) is 5.91 Å². The topological polar surface area (TPSA) is 51.5 Å². The lowest BCUT2D eigenvalue weighted by atomic mass is 9.93. The highest BCUT2D eigenvalue weighted by Gasteiger charge is 2.26. The number of aromatic nitrogens is 1. The molecule has 1 saturated carbocycles. The van der Waals surface area contributed by atoms with Gasteiger partial charge in [-0.2, -0.15) is 0 Å². The van der Waals surface area contributed by atoms with E-state index in [1.54, 1.807) is 6.92 Å². The average Bonchev–Trinajstić information content (AvgIpc) is 3.19. The van der Waals surface area contributed by atoms with Crippen LogP contribution in [0.4, 0.5) is 0 Å². The first-order valence-corrected chi connectivity index (χ1v) is 11.2. The van der Waals surface area contributed by atoms with E-state index in [0.717, 1.165) is 37.9 Å². The minimum Gasteiger partial charge on any atom is -0.466 e. The second kappa shape index (κ2) is 11.0. The van der Waals surface area contributed by atoms with Crippen molar-refractivity contribution in [3.8, 4) is 0 Å². The van der Waals surface area contributed by atoms with Gasteiger partial charge in [-0.3, -0.25) is 9.59 Å². The van der Waals surface area contributed by atoms with Crippen molar-refractivity contribution in [2.75, 3.05) is 6.61 Å². The summed E-state index contributed by atoms with van der Waals surface area (Å²) in [6.07, 6.45) is 8.11. The van der Waals surface area contributed by atoms with Crippen LogP contribution in [0.2, 0.25) is 0 Å². The lowest BCUT2D eigenvalue weighted by Gasteiger charge is -2.35. The molecule has 2 aromatic rings. The molecule has 1 aromatic heterocycles. The lowest BCUT2D eigenvalue weighted by molar-refractivity contribution is -0.146. The molecule has 0 bridgehead atoms. The number of rotatable bonds is 9. The second-order valence-electron chi connectivity index (χ2n) is 8.17. The van der Waals surface area contributed by atoms with Crippen LogP contribution in [0.15, 0.2) is 42.6 Å². The molecule has 0 unspecified atom stereocenters. The largest absolute Gasteiger partial charge is 0.466 e. The summed E-state index contributed by atoms with van der Waals surface area (Å²) in [5, 5.41) is 0. The predicted octanol–water partition coefficient (Wildman–Crippen LogP) is 4.85. The van der Waals surface area contributed by atoms with Crippen LogP contribution in [0.25, 0.3) is 0 Å². The van der Waals surface area contributed by atoms with Crippen LogP contribution in [0.5, 0.6) is 0 Å². The van der Waals surface area contributed by atoms with Gasteiger partial charge in [0.1, 0.15) is 0 Å². The molecule has 5 nitrogen and oxygen atoms in total. The number of hydrogen-bond acceptors (Lipinski definition) is 3. The first-order chi connectivity index (χ1) is 14.6. The Balaban J connectivity index is 1.73. The molecule has 0 N–H and O–H groups in total. The molecule has 0 spiro atoms. The highest BCUT2D eigenvalue weighted by molar-refractivity contribution is 5.81. The number of carbonyl (C=O) groups excluding carboxylic acids is 2. The number of aryl methyl sites for hydroxylation is 1. The summed E-state index contributed by atoms with van der Waals surface area (Å²) in [6.45, 7) is 5.66. The SMILES string of the molecule is CCOC(=O)CCC(=O)N(Cc1cccn1Cc1ccccc1C)C1CCCCC1. The first kappa shape index (κ1) is 22.1. The molecule has 1 aliphatic carbocycles. The van der Waals surface area contributed by atoms with E-state index in [-0.39, 0.29) is 30.8 Å². The Labute approximate surface area is 180 Å².